The van der Waals surface area contributed by atoms with Gasteiger partial charge in [0, 0.05) is 18.2 Å². The topological polar surface area (TPSA) is 47.6 Å². The van der Waals surface area contributed by atoms with Crippen LogP contribution in [0.5, 0.6) is 11.5 Å². The maximum Gasteiger partial charge on any atom is 0.387 e. The molecule has 0 radical (unpaired) electrons. The molecule has 2 aromatic rings. The van der Waals surface area contributed by atoms with Crippen molar-refractivity contribution >= 4 is 17.7 Å². The number of alkyl halides is 2. The molecule has 0 aliphatic rings. The Morgan fingerprint density at radius 3 is 2.44 bits per heavy atom. The quantitative estimate of drug-likeness (QED) is 0.424. The summed E-state index contributed by atoms with van der Waals surface area (Å²) in [7, 11) is 0. The number of rotatable bonds is 7. The molecule has 0 atom stereocenters. The smallest absolute Gasteiger partial charge is 0.387 e. The summed E-state index contributed by atoms with van der Waals surface area (Å²) in [4.78, 5) is 11.8. The fourth-order valence-corrected chi connectivity index (χ4v) is 2.05. The number of carbonyl (C=O) groups is 1. The van der Waals surface area contributed by atoms with Crippen LogP contribution in [0.4, 0.5) is 27.6 Å². The zero-order valence-corrected chi connectivity index (χ0v) is 13.9. The highest BCUT2D eigenvalue weighted by Crippen LogP contribution is 2.30. The van der Waals surface area contributed by atoms with Crippen molar-refractivity contribution in [1.82, 2.24) is 0 Å². The number of benzene rings is 2. The molecule has 1 N–H and O–H groups in total. The number of anilines is 1. The van der Waals surface area contributed by atoms with E-state index in [1.165, 1.54) is 24.3 Å². The number of nitrogens with one attached hydrogen (secondary N) is 1. The lowest BCUT2D eigenvalue weighted by atomic mass is 10.2. The molecule has 0 aliphatic heterocycles. The predicted molar refractivity (Wildman–Crippen MR) is 88.2 cm³/mol. The first-order valence-corrected chi connectivity index (χ1v) is 7.65. The molecule has 0 aromatic heterocycles. The van der Waals surface area contributed by atoms with E-state index in [9.17, 15) is 26.7 Å². The molecule has 2 rings (SSSR count). The number of hydrogen-bond acceptors (Lipinski definition) is 3. The van der Waals surface area contributed by atoms with E-state index in [0.29, 0.717) is 17.7 Å². The first kappa shape index (κ1) is 20.2. The molecular weight excluding hydrogens is 373 g/mol. The van der Waals surface area contributed by atoms with Crippen molar-refractivity contribution in [2.45, 2.75) is 13.5 Å². The molecule has 0 fully saturated rings. The molecule has 0 unspecified atom stereocenters. The van der Waals surface area contributed by atoms with Gasteiger partial charge in [-0.2, -0.15) is 8.78 Å². The fraction of sp³-hybridized carbons (Fsp3) is 0.167. The summed E-state index contributed by atoms with van der Waals surface area (Å²) in [5.41, 5.74) is -0.125. The molecule has 0 saturated carbocycles. The number of halogens is 5. The van der Waals surface area contributed by atoms with Gasteiger partial charge in [-0.05, 0) is 30.7 Å². The Labute approximate surface area is 151 Å². The minimum Gasteiger partial charge on any atom is -0.490 e. The Morgan fingerprint density at radius 2 is 1.78 bits per heavy atom. The minimum absolute atomic E-state index is 0.0482. The van der Waals surface area contributed by atoms with E-state index in [1.54, 1.807) is 6.92 Å². The zero-order chi connectivity index (χ0) is 20.0. The van der Waals surface area contributed by atoms with Gasteiger partial charge in [-0.1, -0.05) is 6.07 Å². The first-order chi connectivity index (χ1) is 12.8. The van der Waals surface area contributed by atoms with E-state index >= 15 is 0 Å². The number of carbonyl (C=O) groups excluding carboxylic acids is 1. The van der Waals surface area contributed by atoms with Gasteiger partial charge in [0.2, 0.25) is 5.91 Å². The van der Waals surface area contributed by atoms with E-state index < -0.39 is 35.7 Å². The van der Waals surface area contributed by atoms with E-state index in [2.05, 4.69) is 10.1 Å². The molecular formula is C18H14F5NO3. The van der Waals surface area contributed by atoms with Crippen LogP contribution in [0.3, 0.4) is 0 Å². The standard InChI is InChI=1S/C18H14F5NO3/c1-2-26-16-7-10(3-5-15(16)27-18(22)23)4-6-17(25)24-14-9-12(20)11(19)8-13(14)21/h3-9,18H,2H2,1H3,(H,24,25)/b6-4+. The highest BCUT2D eigenvalue weighted by molar-refractivity contribution is 6.02. The zero-order valence-electron chi connectivity index (χ0n) is 13.9. The van der Waals surface area contributed by atoms with E-state index in [1.807, 2.05) is 0 Å². The summed E-state index contributed by atoms with van der Waals surface area (Å²) in [5, 5.41) is 2.06. The van der Waals surface area contributed by atoms with Gasteiger partial charge in [-0.3, -0.25) is 4.79 Å². The van der Waals surface area contributed by atoms with Gasteiger partial charge in [0.05, 0.1) is 12.3 Å². The second-order valence-corrected chi connectivity index (χ2v) is 5.09. The molecule has 0 aliphatic carbocycles. The summed E-state index contributed by atoms with van der Waals surface area (Å²) in [6.45, 7) is -1.18. The van der Waals surface area contributed by atoms with Crippen molar-refractivity contribution in [3.8, 4) is 11.5 Å². The molecule has 9 heteroatoms. The second-order valence-electron chi connectivity index (χ2n) is 5.09. The average Bonchev–Trinajstić information content (AvgIpc) is 2.59. The third-order valence-electron chi connectivity index (χ3n) is 3.18. The largest absolute Gasteiger partial charge is 0.490 e. The third kappa shape index (κ3) is 5.70. The normalized spacial score (nSPS) is 11.1. The summed E-state index contributed by atoms with van der Waals surface area (Å²) in [6.07, 6.45) is 2.29. The van der Waals surface area contributed by atoms with Crippen LogP contribution < -0.4 is 14.8 Å². The lowest BCUT2D eigenvalue weighted by Crippen LogP contribution is -2.10. The lowest BCUT2D eigenvalue weighted by Gasteiger charge is -2.11. The van der Waals surface area contributed by atoms with Crippen LogP contribution in [0, 0.1) is 17.5 Å². The van der Waals surface area contributed by atoms with Crippen molar-refractivity contribution < 1.29 is 36.2 Å². The third-order valence-corrected chi connectivity index (χ3v) is 3.18. The Kier molecular flexibility index (Phi) is 6.75. The molecule has 0 bridgehead atoms. The highest BCUT2D eigenvalue weighted by Gasteiger charge is 2.12. The number of hydrogen-bond donors (Lipinski definition) is 1. The summed E-state index contributed by atoms with van der Waals surface area (Å²) < 4.78 is 73.7. The minimum atomic E-state index is -3.03. The van der Waals surface area contributed by atoms with Gasteiger partial charge < -0.3 is 14.8 Å². The molecule has 27 heavy (non-hydrogen) atoms. The summed E-state index contributed by atoms with van der Waals surface area (Å²) in [5.74, 6) is -4.76. The van der Waals surface area contributed by atoms with Gasteiger partial charge >= 0.3 is 6.61 Å². The van der Waals surface area contributed by atoms with Crippen molar-refractivity contribution in [3.63, 3.8) is 0 Å². The molecule has 2 aromatic carbocycles. The van der Waals surface area contributed by atoms with Gasteiger partial charge in [0.15, 0.2) is 23.1 Å². The van der Waals surface area contributed by atoms with Crippen LogP contribution in [0.15, 0.2) is 36.4 Å². The van der Waals surface area contributed by atoms with Crippen molar-refractivity contribution in [1.29, 1.82) is 0 Å². The Balaban J connectivity index is 2.13. The molecule has 144 valence electrons. The average molecular weight is 387 g/mol. The Bertz CT molecular complexity index is 855. The van der Waals surface area contributed by atoms with Crippen LogP contribution in [-0.4, -0.2) is 19.1 Å². The van der Waals surface area contributed by atoms with E-state index in [4.69, 9.17) is 4.74 Å². The monoisotopic (exact) mass is 387 g/mol. The number of ether oxygens (including phenoxy) is 2. The summed E-state index contributed by atoms with van der Waals surface area (Å²) in [6, 6.07) is 4.82. The first-order valence-electron chi connectivity index (χ1n) is 7.65. The fourth-order valence-electron chi connectivity index (χ4n) is 2.05. The van der Waals surface area contributed by atoms with Crippen molar-refractivity contribution in [3.05, 3.63) is 59.4 Å². The number of amides is 1. The van der Waals surface area contributed by atoms with Gasteiger partial charge in [-0.25, -0.2) is 13.2 Å². The van der Waals surface area contributed by atoms with Crippen LogP contribution in [-0.2, 0) is 4.79 Å². The van der Waals surface area contributed by atoms with Crippen LogP contribution in [0.25, 0.3) is 6.08 Å². The van der Waals surface area contributed by atoms with Crippen LogP contribution in [0.1, 0.15) is 12.5 Å². The summed E-state index contributed by atoms with van der Waals surface area (Å²) >= 11 is 0. The van der Waals surface area contributed by atoms with Gasteiger partial charge in [0.25, 0.3) is 0 Å². The molecule has 0 saturated heterocycles. The maximum atomic E-state index is 13.5. The SMILES string of the molecule is CCOc1cc(/C=C/C(=O)Nc2cc(F)c(F)cc2F)ccc1OC(F)F. The van der Waals surface area contributed by atoms with Crippen LogP contribution in [0.2, 0.25) is 0 Å². The Morgan fingerprint density at radius 1 is 1.07 bits per heavy atom. The molecule has 0 spiro atoms. The Hall–Kier alpha value is -3.10. The van der Waals surface area contributed by atoms with E-state index in [0.717, 1.165) is 6.08 Å². The highest BCUT2D eigenvalue weighted by atomic mass is 19.3. The van der Waals surface area contributed by atoms with Gasteiger partial charge in [0.1, 0.15) is 5.82 Å². The molecule has 0 heterocycles. The van der Waals surface area contributed by atoms with Crippen molar-refractivity contribution in [2.24, 2.45) is 0 Å². The molecule has 1 amide bonds. The molecule has 4 nitrogen and oxygen atoms in total. The van der Waals surface area contributed by atoms with Crippen LogP contribution >= 0.6 is 0 Å². The van der Waals surface area contributed by atoms with Gasteiger partial charge in [-0.15, -0.1) is 0 Å². The predicted octanol–water partition coefficient (Wildman–Crippen LogP) is 4.76. The maximum absolute atomic E-state index is 13.5. The second kappa shape index (κ2) is 9.02. The lowest BCUT2D eigenvalue weighted by molar-refractivity contribution is -0.111. The van der Waals surface area contributed by atoms with E-state index in [-0.39, 0.29) is 18.1 Å². The van der Waals surface area contributed by atoms with Crippen molar-refractivity contribution in [2.75, 3.05) is 11.9 Å².